The molecule has 1 aromatic rings. The molecular weight excluding hydrogens is 592 g/mol. The maximum absolute atomic E-state index is 12.9. The number of hydrogen-bond donors (Lipinski definition) is 2. The third-order valence-electron chi connectivity index (χ3n) is 7.74. The number of rotatable bonds is 18. The first-order valence-electron chi connectivity index (χ1n) is 16.7. The van der Waals surface area contributed by atoms with Gasteiger partial charge in [-0.15, -0.1) is 0 Å². The van der Waals surface area contributed by atoms with Crippen LogP contribution in [0.4, 0.5) is 0 Å². The van der Waals surface area contributed by atoms with Crippen LogP contribution in [0, 0.1) is 0 Å². The summed E-state index contributed by atoms with van der Waals surface area (Å²) in [6.45, 7) is 16.6. The van der Waals surface area contributed by atoms with Crippen LogP contribution in [-0.2, 0) is 39.7 Å². The van der Waals surface area contributed by atoms with Crippen LogP contribution in [0.3, 0.4) is 0 Å². The molecule has 1 heterocycles. The lowest BCUT2D eigenvalue weighted by Crippen LogP contribution is -2.52. The quantitative estimate of drug-likeness (QED) is 0.179. The monoisotopic (exact) mass is 652 g/mol. The maximum Gasteiger partial charge on any atom is 0.325 e. The van der Waals surface area contributed by atoms with E-state index in [1.54, 1.807) is 0 Å². The Labute approximate surface area is 276 Å². The SMILES string of the molecule is CCOCCOCCOc1ccc(CCC[C@@H](C(=O)OC)N2CCNCCN([C@H](COC(C)(C)C)C(=O)OC)CCNCC2)cc1. The average molecular weight is 653 g/mol. The number of nitrogens with zero attached hydrogens (tertiary/aromatic N) is 2. The van der Waals surface area contributed by atoms with Crippen LogP contribution in [0.2, 0.25) is 0 Å². The molecule has 0 spiro atoms. The first kappa shape index (κ1) is 39.9. The minimum atomic E-state index is -0.477. The van der Waals surface area contributed by atoms with E-state index in [4.69, 9.17) is 28.4 Å². The molecule has 1 aliphatic rings. The van der Waals surface area contributed by atoms with Gasteiger partial charge in [-0.1, -0.05) is 12.1 Å². The van der Waals surface area contributed by atoms with E-state index in [0.717, 1.165) is 18.6 Å². The van der Waals surface area contributed by atoms with Crippen molar-refractivity contribution in [3.05, 3.63) is 29.8 Å². The van der Waals surface area contributed by atoms with E-state index in [-0.39, 0.29) is 30.2 Å². The van der Waals surface area contributed by atoms with Crippen molar-refractivity contribution in [2.45, 2.75) is 64.6 Å². The Morgan fingerprint density at radius 2 is 1.30 bits per heavy atom. The summed E-state index contributed by atoms with van der Waals surface area (Å²) in [7, 11) is 2.88. The van der Waals surface area contributed by atoms with Gasteiger partial charge in [0.05, 0.1) is 46.2 Å². The normalized spacial score (nSPS) is 17.3. The Bertz CT molecular complexity index is 945. The molecule has 0 unspecified atom stereocenters. The second-order valence-electron chi connectivity index (χ2n) is 12.3. The molecule has 2 rings (SSSR count). The lowest BCUT2D eigenvalue weighted by Gasteiger charge is -2.34. The Kier molecular flexibility index (Phi) is 20.0. The standard InChI is InChI=1S/C34H60N4O8/c1-7-43-23-24-44-25-26-45-29-13-11-28(12-14-29)9-8-10-30(32(39)41-5)37-19-15-35-17-21-38(22-18-36-16-20-37)31(33(40)42-6)27-46-34(2,3)4/h11-14,30-31,35-36H,7-10,15-27H2,1-6H3/t30-,31+/m0/s1. The van der Waals surface area contributed by atoms with Crippen molar-refractivity contribution in [3.63, 3.8) is 0 Å². The summed E-state index contributed by atoms with van der Waals surface area (Å²) in [5, 5.41) is 7.00. The summed E-state index contributed by atoms with van der Waals surface area (Å²) in [6, 6.07) is 7.31. The number of carbonyl (C=O) groups excluding carboxylic acids is 2. The number of carbonyl (C=O) groups is 2. The number of benzene rings is 1. The number of esters is 2. The molecule has 1 fully saturated rings. The molecule has 264 valence electrons. The summed E-state index contributed by atoms with van der Waals surface area (Å²) in [5.74, 6) is 0.318. The second-order valence-corrected chi connectivity index (χ2v) is 12.3. The summed E-state index contributed by atoms with van der Waals surface area (Å²) < 4.78 is 32.8. The molecule has 0 aliphatic carbocycles. The van der Waals surface area contributed by atoms with Gasteiger partial charge in [-0.3, -0.25) is 19.4 Å². The largest absolute Gasteiger partial charge is 0.491 e. The van der Waals surface area contributed by atoms with Crippen LogP contribution in [0.5, 0.6) is 5.75 Å². The zero-order valence-electron chi connectivity index (χ0n) is 29.1. The highest BCUT2D eigenvalue weighted by molar-refractivity contribution is 5.76. The van der Waals surface area contributed by atoms with E-state index in [1.165, 1.54) is 19.8 Å². The third-order valence-corrected chi connectivity index (χ3v) is 7.74. The van der Waals surface area contributed by atoms with E-state index in [9.17, 15) is 9.59 Å². The predicted molar refractivity (Wildman–Crippen MR) is 178 cm³/mol. The third kappa shape index (κ3) is 16.5. The second kappa shape index (κ2) is 23.1. The summed E-state index contributed by atoms with van der Waals surface area (Å²) in [5.41, 5.74) is 0.845. The lowest BCUT2D eigenvalue weighted by molar-refractivity contribution is -0.152. The Morgan fingerprint density at radius 3 is 1.85 bits per heavy atom. The van der Waals surface area contributed by atoms with Crippen molar-refractivity contribution >= 4 is 11.9 Å². The smallest absolute Gasteiger partial charge is 0.325 e. The number of ether oxygens (including phenoxy) is 6. The fraction of sp³-hybridized carbons (Fsp3) is 0.765. The molecule has 1 aliphatic heterocycles. The topological polar surface area (TPSA) is 120 Å². The maximum atomic E-state index is 12.9. The zero-order valence-corrected chi connectivity index (χ0v) is 29.1. The van der Waals surface area contributed by atoms with Crippen molar-refractivity contribution in [2.24, 2.45) is 0 Å². The Balaban J connectivity index is 1.86. The molecule has 2 atom stereocenters. The van der Waals surface area contributed by atoms with Gasteiger partial charge < -0.3 is 39.1 Å². The van der Waals surface area contributed by atoms with Crippen LogP contribution in [0.25, 0.3) is 0 Å². The Morgan fingerprint density at radius 1 is 0.783 bits per heavy atom. The zero-order chi connectivity index (χ0) is 33.6. The van der Waals surface area contributed by atoms with Gasteiger partial charge in [0.2, 0.25) is 0 Å². The van der Waals surface area contributed by atoms with Gasteiger partial charge >= 0.3 is 11.9 Å². The summed E-state index contributed by atoms with van der Waals surface area (Å²) in [4.78, 5) is 29.9. The molecule has 46 heavy (non-hydrogen) atoms. The molecule has 0 radical (unpaired) electrons. The molecule has 1 aromatic carbocycles. The molecule has 0 bridgehead atoms. The van der Waals surface area contributed by atoms with Crippen molar-refractivity contribution in [3.8, 4) is 5.75 Å². The van der Waals surface area contributed by atoms with Crippen LogP contribution < -0.4 is 15.4 Å². The van der Waals surface area contributed by atoms with Crippen molar-refractivity contribution in [2.75, 3.05) is 106 Å². The van der Waals surface area contributed by atoms with Crippen molar-refractivity contribution in [1.29, 1.82) is 0 Å². The molecule has 1 saturated heterocycles. The van der Waals surface area contributed by atoms with Crippen LogP contribution in [0.1, 0.15) is 46.1 Å². The minimum Gasteiger partial charge on any atom is -0.491 e. The van der Waals surface area contributed by atoms with E-state index in [0.29, 0.717) is 91.8 Å². The van der Waals surface area contributed by atoms with Gasteiger partial charge in [-0.05, 0) is 64.7 Å². The number of aryl methyl sites for hydroxylation is 1. The highest BCUT2D eigenvalue weighted by Crippen LogP contribution is 2.17. The molecule has 12 nitrogen and oxygen atoms in total. The van der Waals surface area contributed by atoms with E-state index < -0.39 is 6.04 Å². The average Bonchev–Trinajstić information content (AvgIpc) is 3.03. The van der Waals surface area contributed by atoms with Gasteiger partial charge in [0.25, 0.3) is 0 Å². The molecule has 0 saturated carbocycles. The number of methoxy groups -OCH3 is 2. The molecular formula is C34H60N4O8. The fourth-order valence-corrected chi connectivity index (χ4v) is 5.20. The molecule has 0 aromatic heterocycles. The van der Waals surface area contributed by atoms with Gasteiger partial charge in [-0.25, -0.2) is 0 Å². The van der Waals surface area contributed by atoms with E-state index in [1.807, 2.05) is 39.8 Å². The highest BCUT2D eigenvalue weighted by atomic mass is 16.5. The van der Waals surface area contributed by atoms with Gasteiger partial charge in [0.1, 0.15) is 24.4 Å². The van der Waals surface area contributed by atoms with Gasteiger partial charge in [0, 0.05) is 59.0 Å². The first-order chi connectivity index (χ1) is 22.2. The van der Waals surface area contributed by atoms with Crippen molar-refractivity contribution in [1.82, 2.24) is 20.4 Å². The van der Waals surface area contributed by atoms with Gasteiger partial charge in [0.15, 0.2) is 0 Å². The van der Waals surface area contributed by atoms with Crippen LogP contribution in [-0.4, -0.2) is 146 Å². The fourth-order valence-electron chi connectivity index (χ4n) is 5.20. The van der Waals surface area contributed by atoms with Gasteiger partial charge in [-0.2, -0.15) is 0 Å². The van der Waals surface area contributed by atoms with Crippen LogP contribution >= 0.6 is 0 Å². The van der Waals surface area contributed by atoms with E-state index >= 15 is 0 Å². The minimum absolute atomic E-state index is 0.203. The first-order valence-corrected chi connectivity index (χ1v) is 16.7. The number of hydrogen-bond acceptors (Lipinski definition) is 12. The summed E-state index contributed by atoms with van der Waals surface area (Å²) >= 11 is 0. The van der Waals surface area contributed by atoms with Crippen LogP contribution in [0.15, 0.2) is 24.3 Å². The predicted octanol–water partition coefficient (Wildman–Crippen LogP) is 2.14. The molecule has 0 amide bonds. The van der Waals surface area contributed by atoms with Crippen molar-refractivity contribution < 1.29 is 38.0 Å². The lowest BCUT2D eigenvalue weighted by atomic mass is 10.0. The highest BCUT2D eigenvalue weighted by Gasteiger charge is 2.30. The molecule has 12 heteroatoms. The summed E-state index contributed by atoms with van der Waals surface area (Å²) in [6.07, 6.45) is 2.41. The Hall–Kier alpha value is -2.32. The molecule has 2 N–H and O–H groups in total. The number of nitrogens with one attached hydrogen (secondary N) is 2. The van der Waals surface area contributed by atoms with E-state index in [2.05, 4.69) is 32.6 Å².